The van der Waals surface area contributed by atoms with Crippen LogP contribution in [-0.4, -0.2) is 29.8 Å². The molecular formula is C19H17F3N2O2. The summed E-state index contributed by atoms with van der Waals surface area (Å²) < 4.78 is 40.7. The van der Waals surface area contributed by atoms with Gasteiger partial charge in [0.2, 0.25) is 0 Å². The number of rotatable bonds is 5. The molecule has 136 valence electrons. The Morgan fingerprint density at radius 3 is 2.54 bits per heavy atom. The fourth-order valence-electron chi connectivity index (χ4n) is 2.74. The lowest BCUT2D eigenvalue weighted by Crippen LogP contribution is -2.36. The molecule has 1 atom stereocenters. The molecule has 0 aliphatic heterocycles. The Morgan fingerprint density at radius 2 is 1.85 bits per heavy atom. The normalized spacial score (nSPS) is 12.9. The Labute approximate surface area is 147 Å². The first-order chi connectivity index (χ1) is 12.3. The van der Waals surface area contributed by atoms with Crippen molar-refractivity contribution in [2.24, 2.45) is 5.73 Å². The van der Waals surface area contributed by atoms with E-state index in [1.165, 1.54) is 0 Å². The van der Waals surface area contributed by atoms with Crippen LogP contribution in [0.1, 0.15) is 5.56 Å². The van der Waals surface area contributed by atoms with Gasteiger partial charge in [-0.05, 0) is 28.8 Å². The molecule has 0 spiro atoms. The van der Waals surface area contributed by atoms with E-state index in [1.807, 2.05) is 48.5 Å². The number of halogens is 3. The van der Waals surface area contributed by atoms with Gasteiger partial charge in [0.15, 0.2) is 6.61 Å². The van der Waals surface area contributed by atoms with Gasteiger partial charge in [0.1, 0.15) is 6.04 Å². The number of ether oxygens (including phenoxy) is 1. The van der Waals surface area contributed by atoms with Crippen LogP contribution in [-0.2, 0) is 16.0 Å². The van der Waals surface area contributed by atoms with Crippen molar-refractivity contribution in [2.45, 2.75) is 18.6 Å². The summed E-state index contributed by atoms with van der Waals surface area (Å²) in [5.41, 5.74) is 9.35. The maximum absolute atomic E-state index is 12.1. The largest absolute Gasteiger partial charge is 0.455 e. The maximum atomic E-state index is 12.1. The lowest BCUT2D eigenvalue weighted by atomic mass is 10.0. The van der Waals surface area contributed by atoms with E-state index in [0.29, 0.717) is 0 Å². The lowest BCUT2D eigenvalue weighted by Gasteiger charge is -2.12. The highest BCUT2D eigenvalue weighted by Crippen LogP contribution is 2.27. The quantitative estimate of drug-likeness (QED) is 0.678. The van der Waals surface area contributed by atoms with E-state index in [2.05, 4.69) is 9.72 Å². The average Bonchev–Trinajstić information content (AvgIpc) is 3.02. The summed E-state index contributed by atoms with van der Waals surface area (Å²) in [6.45, 7) is -1.63. The van der Waals surface area contributed by atoms with Gasteiger partial charge in [-0.1, -0.05) is 36.4 Å². The van der Waals surface area contributed by atoms with E-state index in [1.54, 1.807) is 6.20 Å². The van der Waals surface area contributed by atoms with E-state index < -0.39 is 24.8 Å². The van der Waals surface area contributed by atoms with Gasteiger partial charge in [-0.3, -0.25) is 4.79 Å². The predicted octanol–water partition coefficient (Wildman–Crippen LogP) is 3.81. The molecule has 2 aromatic carbocycles. The molecular weight excluding hydrogens is 345 g/mol. The van der Waals surface area contributed by atoms with Crippen molar-refractivity contribution in [2.75, 3.05) is 6.61 Å². The number of nitrogens with two attached hydrogens (primary N) is 1. The molecule has 1 aromatic heterocycles. The van der Waals surface area contributed by atoms with Crippen molar-refractivity contribution in [3.63, 3.8) is 0 Å². The number of esters is 1. The summed E-state index contributed by atoms with van der Waals surface area (Å²) in [4.78, 5) is 14.8. The number of benzene rings is 2. The highest BCUT2D eigenvalue weighted by molar-refractivity contribution is 5.88. The van der Waals surface area contributed by atoms with Crippen LogP contribution in [0.4, 0.5) is 13.2 Å². The highest BCUT2D eigenvalue weighted by Gasteiger charge is 2.31. The second kappa shape index (κ2) is 7.21. The number of hydrogen-bond donors (Lipinski definition) is 2. The Morgan fingerprint density at radius 1 is 1.12 bits per heavy atom. The van der Waals surface area contributed by atoms with Crippen molar-refractivity contribution in [3.8, 4) is 11.1 Å². The van der Waals surface area contributed by atoms with Gasteiger partial charge >= 0.3 is 12.1 Å². The third-order valence-corrected chi connectivity index (χ3v) is 4.00. The summed E-state index contributed by atoms with van der Waals surface area (Å²) >= 11 is 0. The molecule has 0 unspecified atom stereocenters. The van der Waals surface area contributed by atoms with Crippen molar-refractivity contribution < 1.29 is 22.7 Å². The van der Waals surface area contributed by atoms with Crippen LogP contribution in [0.3, 0.4) is 0 Å². The topological polar surface area (TPSA) is 68.1 Å². The Bertz CT molecular complexity index is 904. The number of aromatic nitrogens is 1. The third kappa shape index (κ3) is 4.23. The van der Waals surface area contributed by atoms with Crippen LogP contribution < -0.4 is 5.73 Å². The van der Waals surface area contributed by atoms with E-state index in [-0.39, 0.29) is 6.42 Å². The molecule has 0 saturated carbocycles. The van der Waals surface area contributed by atoms with Gasteiger partial charge in [0.25, 0.3) is 0 Å². The summed E-state index contributed by atoms with van der Waals surface area (Å²) in [7, 11) is 0. The van der Waals surface area contributed by atoms with Crippen LogP contribution in [0.15, 0.2) is 54.7 Å². The molecule has 3 rings (SSSR count). The molecule has 4 nitrogen and oxygen atoms in total. The minimum Gasteiger partial charge on any atom is -0.455 e. The van der Waals surface area contributed by atoms with Crippen LogP contribution in [0.2, 0.25) is 0 Å². The zero-order chi connectivity index (χ0) is 18.7. The predicted molar refractivity (Wildman–Crippen MR) is 92.4 cm³/mol. The van der Waals surface area contributed by atoms with Gasteiger partial charge in [-0.25, -0.2) is 0 Å². The Balaban J connectivity index is 1.79. The van der Waals surface area contributed by atoms with Crippen LogP contribution >= 0.6 is 0 Å². The lowest BCUT2D eigenvalue weighted by molar-refractivity contribution is -0.187. The van der Waals surface area contributed by atoms with Crippen LogP contribution in [0.5, 0.6) is 0 Å². The average molecular weight is 362 g/mol. The molecule has 0 radical (unpaired) electrons. The van der Waals surface area contributed by atoms with Crippen molar-refractivity contribution in [1.29, 1.82) is 0 Å². The number of carbonyl (C=O) groups is 1. The zero-order valence-electron chi connectivity index (χ0n) is 13.7. The number of aromatic amines is 1. The Hall–Kier alpha value is -2.80. The van der Waals surface area contributed by atoms with E-state index >= 15 is 0 Å². The summed E-state index contributed by atoms with van der Waals surface area (Å²) in [6.07, 6.45) is -2.79. The van der Waals surface area contributed by atoms with Gasteiger partial charge in [-0.15, -0.1) is 0 Å². The van der Waals surface area contributed by atoms with Gasteiger partial charge < -0.3 is 15.5 Å². The molecule has 1 heterocycles. The fourth-order valence-corrected chi connectivity index (χ4v) is 2.74. The summed E-state index contributed by atoms with van der Waals surface area (Å²) in [5, 5.41) is 0.866. The number of fused-ring (bicyclic) bond motifs is 1. The van der Waals surface area contributed by atoms with Crippen molar-refractivity contribution >= 4 is 16.9 Å². The van der Waals surface area contributed by atoms with Crippen molar-refractivity contribution in [1.82, 2.24) is 4.98 Å². The minimum atomic E-state index is -4.57. The molecule has 7 heteroatoms. The number of carbonyl (C=O) groups excluding carboxylic acids is 1. The number of H-pyrrole nitrogens is 1. The molecule has 0 amide bonds. The monoisotopic (exact) mass is 362 g/mol. The SMILES string of the molecule is N[C@@H](Cc1c[nH]c2ccc(-c3ccccc3)cc12)C(=O)OCC(F)(F)F. The van der Waals surface area contributed by atoms with Crippen molar-refractivity contribution in [3.05, 3.63) is 60.3 Å². The van der Waals surface area contributed by atoms with Gasteiger partial charge in [-0.2, -0.15) is 13.2 Å². The van der Waals surface area contributed by atoms with Gasteiger partial charge in [0.05, 0.1) is 0 Å². The second-order valence-electron chi connectivity index (χ2n) is 5.97. The first-order valence-corrected chi connectivity index (χ1v) is 7.98. The molecule has 0 aliphatic carbocycles. The van der Waals surface area contributed by atoms with E-state index in [4.69, 9.17) is 5.73 Å². The first kappa shape index (κ1) is 18.0. The molecule has 0 fully saturated rings. The zero-order valence-corrected chi connectivity index (χ0v) is 13.7. The van der Waals surface area contributed by atoms with Gasteiger partial charge in [0, 0.05) is 23.5 Å². The number of nitrogens with one attached hydrogen (secondary N) is 1. The molecule has 0 saturated heterocycles. The second-order valence-corrected chi connectivity index (χ2v) is 5.97. The van der Waals surface area contributed by atoms with Crippen LogP contribution in [0.25, 0.3) is 22.0 Å². The molecule has 3 N–H and O–H groups in total. The summed E-state index contributed by atoms with van der Waals surface area (Å²) in [6, 6.07) is 14.4. The first-order valence-electron chi connectivity index (χ1n) is 7.98. The smallest absolute Gasteiger partial charge is 0.422 e. The summed E-state index contributed by atoms with van der Waals surface area (Å²) in [5.74, 6) is -1.07. The number of alkyl halides is 3. The maximum Gasteiger partial charge on any atom is 0.422 e. The number of hydrogen-bond acceptors (Lipinski definition) is 3. The van der Waals surface area contributed by atoms with Crippen LogP contribution in [0, 0.1) is 0 Å². The molecule has 0 bridgehead atoms. The van der Waals surface area contributed by atoms with E-state index in [0.717, 1.165) is 27.6 Å². The molecule has 3 aromatic rings. The highest BCUT2D eigenvalue weighted by atomic mass is 19.4. The molecule has 26 heavy (non-hydrogen) atoms. The standard InChI is InChI=1S/C19H17F3N2O2/c20-19(21,22)11-26-18(25)16(23)9-14-10-24-17-7-6-13(8-15(14)17)12-4-2-1-3-5-12/h1-8,10,16,24H,9,11,23H2/t16-/m0/s1. The third-order valence-electron chi connectivity index (χ3n) is 4.00. The molecule has 0 aliphatic rings. The minimum absolute atomic E-state index is 0.0783. The van der Waals surface area contributed by atoms with E-state index in [9.17, 15) is 18.0 Å². The Kier molecular flexibility index (Phi) is 4.99. The fraction of sp³-hybridized carbons (Fsp3) is 0.211.